The summed E-state index contributed by atoms with van der Waals surface area (Å²) in [5.41, 5.74) is 2.10. The van der Waals surface area contributed by atoms with Crippen LogP contribution in [0.4, 0.5) is 0 Å². The molecule has 0 aliphatic rings. The summed E-state index contributed by atoms with van der Waals surface area (Å²) in [6, 6.07) is 10.5. The average molecular weight is 490 g/mol. The number of halogens is 1. The molecule has 2 aromatic rings. The second-order valence-electron chi connectivity index (χ2n) is 8.36. The van der Waals surface area contributed by atoms with Crippen LogP contribution in [0.15, 0.2) is 53.2 Å². The van der Waals surface area contributed by atoms with E-state index in [9.17, 15) is 0 Å². The Morgan fingerprint density at radius 1 is 1.06 bits per heavy atom. The van der Waals surface area contributed by atoms with Crippen LogP contribution in [0, 0.1) is 11.8 Å². The van der Waals surface area contributed by atoms with E-state index in [1.54, 1.807) is 11.3 Å². The zero-order valence-electron chi connectivity index (χ0n) is 20.6. The van der Waals surface area contributed by atoms with Crippen molar-refractivity contribution in [2.75, 3.05) is 32.8 Å². The van der Waals surface area contributed by atoms with Gasteiger partial charge >= 0.3 is 0 Å². The van der Waals surface area contributed by atoms with Crippen molar-refractivity contribution in [1.82, 2.24) is 4.90 Å². The number of hydrogen-bond acceptors (Lipinski definition) is 4. The van der Waals surface area contributed by atoms with E-state index in [4.69, 9.17) is 9.47 Å². The third kappa shape index (κ3) is 12.3. The second-order valence-corrected chi connectivity index (χ2v) is 9.14. The zero-order chi connectivity index (χ0) is 23.1. The first-order valence-electron chi connectivity index (χ1n) is 11.8. The smallest absolute Gasteiger partial charge is 0.123 e. The Morgan fingerprint density at radius 3 is 2.64 bits per heavy atom. The molecule has 1 heterocycles. The predicted octanol–water partition coefficient (Wildman–Crippen LogP) is 7.47. The third-order valence-electron chi connectivity index (χ3n) is 5.06. The van der Waals surface area contributed by atoms with Gasteiger partial charge in [0.1, 0.15) is 11.4 Å². The molecule has 0 atom stereocenters. The minimum Gasteiger partial charge on any atom is -0.494 e. The maximum atomic E-state index is 5.99. The minimum atomic E-state index is -0.379. The van der Waals surface area contributed by atoms with Crippen molar-refractivity contribution < 1.29 is 9.47 Å². The Kier molecular flexibility index (Phi) is 14.9. The van der Waals surface area contributed by atoms with Gasteiger partial charge < -0.3 is 9.47 Å². The van der Waals surface area contributed by atoms with Gasteiger partial charge in [-0.3, -0.25) is 4.90 Å². The van der Waals surface area contributed by atoms with Gasteiger partial charge in [-0.05, 0) is 106 Å². The summed E-state index contributed by atoms with van der Waals surface area (Å²) in [4.78, 5) is 2.50. The van der Waals surface area contributed by atoms with E-state index < -0.39 is 0 Å². The fraction of sp³-hybridized carbons (Fsp3) is 0.500. The summed E-state index contributed by atoms with van der Waals surface area (Å²) in [6.45, 7) is 12.9. The van der Waals surface area contributed by atoms with Gasteiger partial charge in [0.15, 0.2) is 0 Å². The van der Waals surface area contributed by atoms with Crippen LogP contribution in [0.25, 0.3) is 11.1 Å². The van der Waals surface area contributed by atoms with Crippen molar-refractivity contribution in [3.63, 3.8) is 0 Å². The van der Waals surface area contributed by atoms with Crippen LogP contribution in [-0.2, 0) is 4.74 Å². The Balaban J connectivity index is 0.00000544. The van der Waals surface area contributed by atoms with Crippen molar-refractivity contribution in [2.45, 2.75) is 59.0 Å². The highest BCUT2D eigenvalue weighted by Gasteiger charge is 2.12. The predicted molar refractivity (Wildman–Crippen MR) is 146 cm³/mol. The molecule has 0 saturated heterocycles. The zero-order valence-corrected chi connectivity index (χ0v) is 22.3. The molecule has 0 aliphatic carbocycles. The van der Waals surface area contributed by atoms with Gasteiger partial charge in [-0.1, -0.05) is 37.0 Å². The van der Waals surface area contributed by atoms with Gasteiger partial charge in [0.25, 0.3) is 0 Å². The summed E-state index contributed by atoms with van der Waals surface area (Å²) in [5, 5.41) is 4.28. The highest BCUT2D eigenvalue weighted by Crippen LogP contribution is 2.25. The molecule has 1 aromatic heterocycles. The normalized spacial score (nSPS) is 11.3. The van der Waals surface area contributed by atoms with Crippen molar-refractivity contribution in [3.8, 4) is 28.7 Å². The van der Waals surface area contributed by atoms with Crippen molar-refractivity contribution in [2.24, 2.45) is 0 Å². The fourth-order valence-electron chi connectivity index (χ4n) is 3.48. The first kappa shape index (κ1) is 29.3. The van der Waals surface area contributed by atoms with E-state index in [-0.39, 0.29) is 18.0 Å². The number of nitrogens with zero attached hydrogens (tertiary/aromatic N) is 1. The molecule has 0 aliphatic heterocycles. The van der Waals surface area contributed by atoms with Crippen LogP contribution in [-0.4, -0.2) is 43.3 Å². The lowest BCUT2D eigenvalue weighted by molar-refractivity contribution is 0.0362. The van der Waals surface area contributed by atoms with Crippen LogP contribution in [0.5, 0.6) is 5.75 Å². The lowest BCUT2D eigenvalue weighted by Crippen LogP contribution is -2.26. The number of unbranched alkanes of at least 4 members (excludes halogenated alkanes) is 2. The molecule has 0 N–H and O–H groups in total. The number of hydrogen-bond donors (Lipinski definition) is 0. The number of allylic oxidation sites excluding steroid dienone is 1. The molecule has 33 heavy (non-hydrogen) atoms. The topological polar surface area (TPSA) is 21.7 Å². The molecule has 0 unspecified atom stereocenters. The summed E-state index contributed by atoms with van der Waals surface area (Å²) >= 11 is 1.72. The summed E-state index contributed by atoms with van der Waals surface area (Å²) in [6.07, 6.45) is 8.73. The van der Waals surface area contributed by atoms with Crippen LogP contribution in [0.3, 0.4) is 0 Å². The molecule has 3 nitrogen and oxygen atoms in total. The molecule has 2 rings (SSSR count). The van der Waals surface area contributed by atoms with Crippen LogP contribution in [0.1, 0.15) is 53.4 Å². The summed E-state index contributed by atoms with van der Waals surface area (Å²) in [7, 11) is 0. The van der Waals surface area contributed by atoms with E-state index in [1.165, 1.54) is 30.4 Å². The highest BCUT2D eigenvalue weighted by atomic mass is 35.5. The third-order valence-corrected chi connectivity index (χ3v) is 5.74. The molecular weight excluding hydrogens is 450 g/mol. The quantitative estimate of drug-likeness (QED) is 0.203. The lowest BCUT2D eigenvalue weighted by Gasteiger charge is -2.19. The number of thiophene rings is 1. The van der Waals surface area contributed by atoms with Gasteiger partial charge in [-0.2, -0.15) is 11.3 Å². The maximum Gasteiger partial charge on any atom is 0.123 e. The molecule has 0 bridgehead atoms. The van der Waals surface area contributed by atoms with E-state index in [2.05, 4.69) is 64.8 Å². The standard InChI is InChI=1S/C28H39NO2S.ClH/c1-5-18-29(19-10-7-9-17-28(3,4)31-6-2)20-11-8-12-21-30-27-15-13-14-25(23-27)26-16-22-32-24-26;/h7,10,13-16,22-24H,5-6,8,11-12,18-21H2,1-4H3;1H/b10-7+;. The fourth-order valence-corrected chi connectivity index (χ4v) is 4.15. The number of benzene rings is 1. The average Bonchev–Trinajstić information content (AvgIpc) is 3.31. The van der Waals surface area contributed by atoms with Crippen molar-refractivity contribution in [3.05, 3.63) is 53.2 Å². The number of rotatable bonds is 14. The van der Waals surface area contributed by atoms with E-state index in [1.807, 2.05) is 32.9 Å². The molecular formula is C28H40ClNO2S. The molecule has 5 heteroatoms. The van der Waals surface area contributed by atoms with E-state index in [0.717, 1.165) is 38.4 Å². The number of ether oxygens (including phenoxy) is 2. The first-order chi connectivity index (χ1) is 15.5. The molecule has 1 aromatic carbocycles. The van der Waals surface area contributed by atoms with Gasteiger partial charge in [0.2, 0.25) is 0 Å². The van der Waals surface area contributed by atoms with Gasteiger partial charge in [0, 0.05) is 13.2 Å². The Morgan fingerprint density at radius 2 is 1.91 bits per heavy atom. The van der Waals surface area contributed by atoms with Crippen LogP contribution < -0.4 is 4.74 Å². The van der Waals surface area contributed by atoms with Crippen LogP contribution >= 0.6 is 23.7 Å². The van der Waals surface area contributed by atoms with Gasteiger partial charge in [-0.15, -0.1) is 12.4 Å². The lowest BCUT2D eigenvalue weighted by atomic mass is 10.1. The molecule has 0 amide bonds. The van der Waals surface area contributed by atoms with Crippen molar-refractivity contribution in [1.29, 1.82) is 0 Å². The SMILES string of the molecule is CCCN(C/C=C/C#CC(C)(C)OCC)CCCCCOc1cccc(-c2ccsc2)c1.Cl. The molecule has 0 fully saturated rings. The van der Waals surface area contributed by atoms with Crippen LogP contribution in [0.2, 0.25) is 0 Å². The second kappa shape index (κ2) is 16.8. The monoisotopic (exact) mass is 489 g/mol. The Labute approximate surface area is 211 Å². The first-order valence-corrected chi connectivity index (χ1v) is 12.8. The molecule has 182 valence electrons. The Bertz CT molecular complexity index is 852. The largest absolute Gasteiger partial charge is 0.494 e. The highest BCUT2D eigenvalue weighted by molar-refractivity contribution is 7.08. The van der Waals surface area contributed by atoms with E-state index in [0.29, 0.717) is 6.61 Å². The molecule has 0 saturated carbocycles. The van der Waals surface area contributed by atoms with Gasteiger partial charge in [0.05, 0.1) is 6.61 Å². The van der Waals surface area contributed by atoms with Gasteiger partial charge in [-0.25, -0.2) is 0 Å². The van der Waals surface area contributed by atoms with E-state index >= 15 is 0 Å². The maximum absolute atomic E-state index is 5.99. The molecule has 0 radical (unpaired) electrons. The summed E-state index contributed by atoms with van der Waals surface area (Å²) in [5.74, 6) is 7.25. The molecule has 0 spiro atoms. The summed E-state index contributed by atoms with van der Waals surface area (Å²) < 4.78 is 11.6. The van der Waals surface area contributed by atoms with Crippen molar-refractivity contribution >= 4 is 23.7 Å². The Hall–Kier alpha value is -1.77. The minimum absolute atomic E-state index is 0.